The van der Waals surface area contributed by atoms with Gasteiger partial charge < -0.3 is 15.0 Å². The van der Waals surface area contributed by atoms with Crippen LogP contribution in [0.2, 0.25) is 0 Å². The van der Waals surface area contributed by atoms with Crippen LogP contribution in [-0.2, 0) is 26.0 Å². The van der Waals surface area contributed by atoms with Crippen LogP contribution in [0, 0.1) is 6.92 Å². The van der Waals surface area contributed by atoms with Gasteiger partial charge in [0.2, 0.25) is 11.8 Å². The molecule has 236 valence electrons. The lowest BCUT2D eigenvalue weighted by molar-refractivity contribution is -0.140. The second kappa shape index (κ2) is 15.7. The van der Waals surface area contributed by atoms with Gasteiger partial charge in [0, 0.05) is 12.6 Å². The van der Waals surface area contributed by atoms with Crippen LogP contribution in [-0.4, -0.2) is 56.9 Å². The molecule has 2 amide bonds. The normalized spacial score (nSPS) is 14.4. The Bertz CT molecular complexity index is 1470. The number of para-hydroxylation sites is 2. The number of aryl methyl sites for hydroxylation is 1. The van der Waals surface area contributed by atoms with E-state index in [9.17, 15) is 18.0 Å². The minimum absolute atomic E-state index is 0.0696. The van der Waals surface area contributed by atoms with Crippen LogP contribution >= 0.6 is 0 Å². The number of amides is 2. The fraction of sp³-hybridized carbons (Fsp3) is 0.429. The molecule has 0 unspecified atom stereocenters. The van der Waals surface area contributed by atoms with Gasteiger partial charge in [0.15, 0.2) is 0 Å². The lowest BCUT2D eigenvalue weighted by Crippen LogP contribution is -2.54. The molecule has 4 rings (SSSR count). The number of rotatable bonds is 14. The van der Waals surface area contributed by atoms with Gasteiger partial charge in [-0.1, -0.05) is 86.3 Å². The van der Waals surface area contributed by atoms with Crippen molar-refractivity contribution in [2.24, 2.45) is 0 Å². The molecule has 0 saturated heterocycles. The monoisotopic (exact) mass is 619 g/mol. The summed E-state index contributed by atoms with van der Waals surface area (Å²) in [7, 11) is -4.18. The molecule has 3 aromatic carbocycles. The van der Waals surface area contributed by atoms with Crippen molar-refractivity contribution in [1.29, 1.82) is 0 Å². The van der Waals surface area contributed by atoms with Crippen LogP contribution in [0.3, 0.4) is 0 Å². The molecule has 1 aliphatic carbocycles. The van der Waals surface area contributed by atoms with Crippen molar-refractivity contribution in [3.05, 3.63) is 90.0 Å². The summed E-state index contributed by atoms with van der Waals surface area (Å²) in [6.07, 6.45) is 6.10. The van der Waals surface area contributed by atoms with Crippen LogP contribution in [0.1, 0.15) is 63.5 Å². The fourth-order valence-electron chi connectivity index (χ4n) is 5.73. The van der Waals surface area contributed by atoms with E-state index >= 15 is 0 Å². The number of nitrogens with one attached hydrogen (secondary N) is 1. The lowest BCUT2D eigenvalue weighted by atomic mass is 9.95. The average molecular weight is 620 g/mol. The Hall–Kier alpha value is -3.85. The van der Waals surface area contributed by atoms with E-state index in [1.807, 2.05) is 51.1 Å². The van der Waals surface area contributed by atoms with Crippen LogP contribution < -0.4 is 14.4 Å². The molecule has 0 aliphatic heterocycles. The Morgan fingerprint density at radius 3 is 2.23 bits per heavy atom. The standard InChI is InChI=1S/C35H45N3O5S/c1-4-31(35(40)36-29-16-10-7-11-17-29)37(25-24-28-14-8-6-9-15-28)34(39)26-38(32-18-12-13-19-33(32)43-5-2)44(41,42)30-22-20-27(3)21-23-30/h6,8-9,12-15,18-23,29,31H,4-5,7,10-11,16-17,24-26H2,1-3H3,(H,36,40)/t31-/m0/s1. The maximum absolute atomic E-state index is 14.3. The van der Waals surface area contributed by atoms with E-state index < -0.39 is 28.5 Å². The van der Waals surface area contributed by atoms with Gasteiger partial charge in [-0.15, -0.1) is 0 Å². The maximum Gasteiger partial charge on any atom is 0.264 e. The van der Waals surface area contributed by atoms with Crippen LogP contribution in [0.15, 0.2) is 83.8 Å². The Morgan fingerprint density at radius 1 is 0.909 bits per heavy atom. The highest BCUT2D eigenvalue weighted by Crippen LogP contribution is 2.33. The molecule has 1 N–H and O–H groups in total. The van der Waals surface area contributed by atoms with Crippen LogP contribution in [0.25, 0.3) is 0 Å². The summed E-state index contributed by atoms with van der Waals surface area (Å²) in [5, 5.41) is 3.19. The lowest BCUT2D eigenvalue weighted by Gasteiger charge is -2.34. The smallest absolute Gasteiger partial charge is 0.264 e. The van der Waals surface area contributed by atoms with Gasteiger partial charge in [-0.2, -0.15) is 0 Å². The number of anilines is 1. The summed E-state index contributed by atoms with van der Waals surface area (Å²) in [6.45, 7) is 5.71. The molecule has 0 radical (unpaired) electrons. The van der Waals surface area contributed by atoms with E-state index in [0.29, 0.717) is 25.2 Å². The molecule has 1 saturated carbocycles. The summed E-state index contributed by atoms with van der Waals surface area (Å²) in [6, 6.07) is 22.5. The number of benzene rings is 3. The van der Waals surface area contributed by atoms with Gasteiger partial charge in [-0.3, -0.25) is 13.9 Å². The maximum atomic E-state index is 14.3. The number of nitrogens with zero attached hydrogens (tertiary/aromatic N) is 2. The summed E-state index contributed by atoms with van der Waals surface area (Å²) in [5.41, 5.74) is 2.22. The molecule has 0 heterocycles. The first-order chi connectivity index (χ1) is 21.2. The zero-order valence-electron chi connectivity index (χ0n) is 26.1. The highest BCUT2D eigenvalue weighted by molar-refractivity contribution is 7.92. The van der Waals surface area contributed by atoms with E-state index in [1.54, 1.807) is 53.4 Å². The molecule has 1 aliphatic rings. The molecular formula is C35H45N3O5S. The number of hydrogen-bond donors (Lipinski definition) is 1. The van der Waals surface area contributed by atoms with Crippen molar-refractivity contribution in [2.75, 3.05) is 24.0 Å². The van der Waals surface area contributed by atoms with Crippen molar-refractivity contribution in [3.8, 4) is 5.75 Å². The highest BCUT2D eigenvalue weighted by Gasteiger charge is 2.35. The molecule has 1 fully saturated rings. The topological polar surface area (TPSA) is 96.0 Å². The second-order valence-electron chi connectivity index (χ2n) is 11.3. The third kappa shape index (κ3) is 8.40. The summed E-state index contributed by atoms with van der Waals surface area (Å²) in [4.78, 5) is 29.7. The predicted octanol–water partition coefficient (Wildman–Crippen LogP) is 5.89. The zero-order chi connectivity index (χ0) is 31.5. The van der Waals surface area contributed by atoms with Crippen molar-refractivity contribution < 1.29 is 22.7 Å². The van der Waals surface area contributed by atoms with E-state index in [-0.39, 0.29) is 29.1 Å². The number of ether oxygens (including phenoxy) is 1. The van der Waals surface area contributed by atoms with Crippen LogP contribution in [0.4, 0.5) is 5.69 Å². The van der Waals surface area contributed by atoms with Crippen molar-refractivity contribution in [1.82, 2.24) is 10.2 Å². The predicted molar refractivity (Wildman–Crippen MR) is 174 cm³/mol. The summed E-state index contributed by atoms with van der Waals surface area (Å²) < 4.78 is 35.3. The first-order valence-corrected chi connectivity index (χ1v) is 17.1. The van der Waals surface area contributed by atoms with Crippen molar-refractivity contribution >= 4 is 27.5 Å². The van der Waals surface area contributed by atoms with Crippen molar-refractivity contribution in [3.63, 3.8) is 0 Å². The number of hydrogen-bond acceptors (Lipinski definition) is 5. The first-order valence-electron chi connectivity index (χ1n) is 15.7. The van der Waals surface area contributed by atoms with Gasteiger partial charge >= 0.3 is 0 Å². The largest absolute Gasteiger partial charge is 0.492 e. The number of carbonyl (C=O) groups is 2. The minimum atomic E-state index is -4.18. The SMILES string of the molecule is CCOc1ccccc1N(CC(=O)N(CCc1ccccc1)[C@@H](CC)C(=O)NC1CCCCC1)S(=O)(=O)c1ccc(C)cc1. The Balaban J connectivity index is 1.70. The quantitative estimate of drug-likeness (QED) is 0.243. The fourth-order valence-corrected chi connectivity index (χ4v) is 7.16. The molecule has 44 heavy (non-hydrogen) atoms. The van der Waals surface area contributed by atoms with Gasteiger partial charge in [-0.25, -0.2) is 8.42 Å². The van der Waals surface area contributed by atoms with E-state index in [2.05, 4.69) is 5.32 Å². The Kier molecular flexibility index (Phi) is 11.8. The molecule has 1 atom stereocenters. The van der Waals surface area contributed by atoms with Gasteiger partial charge in [0.25, 0.3) is 10.0 Å². The molecular weight excluding hydrogens is 574 g/mol. The Labute approximate surface area is 262 Å². The summed E-state index contributed by atoms with van der Waals surface area (Å²) in [5.74, 6) is -0.284. The van der Waals surface area contributed by atoms with Gasteiger partial charge in [0.05, 0.1) is 17.2 Å². The van der Waals surface area contributed by atoms with E-state index in [0.717, 1.165) is 41.1 Å². The number of carbonyl (C=O) groups excluding carboxylic acids is 2. The zero-order valence-corrected chi connectivity index (χ0v) is 26.9. The summed E-state index contributed by atoms with van der Waals surface area (Å²) >= 11 is 0. The highest BCUT2D eigenvalue weighted by atomic mass is 32.2. The molecule has 0 spiro atoms. The molecule has 3 aromatic rings. The van der Waals surface area contributed by atoms with Gasteiger partial charge in [-0.05, 0) is 69.4 Å². The first kappa shape index (κ1) is 33.1. The van der Waals surface area contributed by atoms with Gasteiger partial charge in [0.1, 0.15) is 18.3 Å². The molecule has 0 aromatic heterocycles. The molecule has 0 bridgehead atoms. The minimum Gasteiger partial charge on any atom is -0.492 e. The van der Waals surface area contributed by atoms with E-state index in [4.69, 9.17) is 4.74 Å². The van der Waals surface area contributed by atoms with Crippen LogP contribution in [0.5, 0.6) is 5.75 Å². The third-order valence-electron chi connectivity index (χ3n) is 8.14. The van der Waals surface area contributed by atoms with Crippen molar-refractivity contribution in [2.45, 2.75) is 82.7 Å². The van der Waals surface area contributed by atoms with E-state index in [1.165, 1.54) is 6.42 Å². The third-order valence-corrected chi connectivity index (χ3v) is 9.92. The molecule has 8 nitrogen and oxygen atoms in total. The second-order valence-corrected chi connectivity index (χ2v) is 13.2. The molecule has 9 heteroatoms. The number of sulfonamides is 1. The Morgan fingerprint density at radius 2 is 1.57 bits per heavy atom. The average Bonchev–Trinajstić information content (AvgIpc) is 3.03.